The van der Waals surface area contributed by atoms with Crippen molar-refractivity contribution in [3.8, 4) is 0 Å². The lowest BCUT2D eigenvalue weighted by Crippen LogP contribution is -2.56. The van der Waals surface area contributed by atoms with Gasteiger partial charge in [0.15, 0.2) is 0 Å². The van der Waals surface area contributed by atoms with Crippen LogP contribution in [0.2, 0.25) is 0 Å². The molecule has 1 saturated carbocycles. The number of piperazine rings is 1. The van der Waals surface area contributed by atoms with Crippen LogP contribution in [0, 0.1) is 11.8 Å². The third-order valence-corrected chi connectivity index (χ3v) is 7.34. The highest BCUT2D eigenvalue weighted by atomic mass is 16.1. The molecule has 0 spiro atoms. The second-order valence-electron chi connectivity index (χ2n) is 9.47. The van der Waals surface area contributed by atoms with Crippen LogP contribution in [0.1, 0.15) is 71.3 Å². The number of rotatable bonds is 6. The van der Waals surface area contributed by atoms with Crippen LogP contribution in [-0.4, -0.2) is 51.9 Å². The smallest absolute Gasteiger partial charge is 0.225 e. The Kier molecular flexibility index (Phi) is 6.00. The molecular weight excluding hydrogens is 348 g/mol. The molecule has 0 radical (unpaired) electrons. The number of hydrogen-bond donors (Lipinski definition) is 0. The number of nitrogens with zero attached hydrogens (tertiary/aromatic N) is 4. The van der Waals surface area contributed by atoms with Gasteiger partial charge in [-0.1, -0.05) is 6.92 Å². The van der Waals surface area contributed by atoms with Crippen LogP contribution in [0.3, 0.4) is 0 Å². The maximum atomic E-state index is 11.9. The number of Topliss-reactive ketones (excluding diaryl/α,β-unsaturated/α-hetero) is 1. The minimum atomic E-state index is 0.319. The monoisotopic (exact) mass is 384 g/mol. The van der Waals surface area contributed by atoms with Gasteiger partial charge in [-0.25, -0.2) is 9.97 Å². The van der Waals surface area contributed by atoms with E-state index in [-0.39, 0.29) is 0 Å². The van der Waals surface area contributed by atoms with Gasteiger partial charge in [0.05, 0.1) is 0 Å². The molecule has 1 aromatic heterocycles. The minimum absolute atomic E-state index is 0.319. The third-order valence-electron chi connectivity index (χ3n) is 7.34. The normalized spacial score (nSPS) is 30.8. The predicted octanol–water partition coefficient (Wildman–Crippen LogP) is 3.87. The summed E-state index contributed by atoms with van der Waals surface area (Å²) >= 11 is 0. The number of fused-ring (bicyclic) bond motifs is 2. The van der Waals surface area contributed by atoms with Crippen LogP contribution < -0.4 is 4.90 Å². The first-order chi connectivity index (χ1) is 13.5. The molecule has 28 heavy (non-hydrogen) atoms. The van der Waals surface area contributed by atoms with Gasteiger partial charge < -0.3 is 4.90 Å². The van der Waals surface area contributed by atoms with Crippen LogP contribution in [0.25, 0.3) is 0 Å². The summed E-state index contributed by atoms with van der Waals surface area (Å²) in [5.41, 5.74) is 1.25. The van der Waals surface area contributed by atoms with Crippen LogP contribution in [-0.2, 0) is 11.2 Å². The van der Waals surface area contributed by atoms with Crippen LogP contribution in [0.4, 0.5) is 5.95 Å². The zero-order valence-corrected chi connectivity index (χ0v) is 17.8. The fourth-order valence-corrected chi connectivity index (χ4v) is 5.58. The molecule has 154 valence electrons. The molecule has 4 rings (SSSR count). The van der Waals surface area contributed by atoms with Gasteiger partial charge in [-0.2, -0.15) is 0 Å². The Morgan fingerprint density at radius 3 is 2.18 bits per heavy atom. The highest BCUT2D eigenvalue weighted by Crippen LogP contribution is 2.34. The van der Waals surface area contributed by atoms with Gasteiger partial charge in [-0.3, -0.25) is 9.69 Å². The lowest BCUT2D eigenvalue weighted by Gasteiger charge is -2.42. The first-order valence-electron chi connectivity index (χ1n) is 11.4. The maximum absolute atomic E-state index is 11.9. The highest BCUT2D eigenvalue weighted by molar-refractivity contribution is 5.80. The fraction of sp³-hybridized carbons (Fsp3) is 0.783. The molecule has 3 fully saturated rings. The topological polar surface area (TPSA) is 49.3 Å². The maximum Gasteiger partial charge on any atom is 0.225 e. The lowest BCUT2D eigenvalue weighted by atomic mass is 9.77. The number of carbonyl (C=O) groups excluding carboxylic acids is 1. The zero-order chi connectivity index (χ0) is 19.7. The summed E-state index contributed by atoms with van der Waals surface area (Å²) in [4.78, 5) is 26.6. The summed E-state index contributed by atoms with van der Waals surface area (Å²) < 4.78 is 0. The third kappa shape index (κ3) is 4.10. The van der Waals surface area contributed by atoms with Gasteiger partial charge in [0.25, 0.3) is 0 Å². The van der Waals surface area contributed by atoms with Crippen LogP contribution in [0.5, 0.6) is 0 Å². The standard InChI is InChI=1S/C23H36N4O/c1-4-22(28)19-7-5-17(6-8-19)11-18-12-24-23(25-13-18)27-20-9-10-21(27)15-26(14-20)16(2)3/h12-13,16-17,19-21H,4-11,14-15H2,1-3H3. The summed E-state index contributed by atoms with van der Waals surface area (Å²) in [6.45, 7) is 8.86. The van der Waals surface area contributed by atoms with Crippen molar-refractivity contribution in [3.63, 3.8) is 0 Å². The van der Waals surface area contributed by atoms with Crippen molar-refractivity contribution in [2.75, 3.05) is 18.0 Å². The summed E-state index contributed by atoms with van der Waals surface area (Å²) in [5, 5.41) is 0. The summed E-state index contributed by atoms with van der Waals surface area (Å²) in [6, 6.07) is 1.76. The molecule has 3 aliphatic rings. The van der Waals surface area contributed by atoms with Gasteiger partial charge in [0, 0.05) is 55.9 Å². The van der Waals surface area contributed by atoms with Crippen molar-refractivity contribution in [1.29, 1.82) is 0 Å². The molecular formula is C23H36N4O. The summed E-state index contributed by atoms with van der Waals surface area (Å²) in [7, 11) is 0. The molecule has 3 heterocycles. The average Bonchev–Trinajstić information content (AvgIpc) is 2.97. The van der Waals surface area contributed by atoms with Gasteiger partial charge in [0.2, 0.25) is 5.95 Å². The fourth-order valence-electron chi connectivity index (χ4n) is 5.58. The van der Waals surface area contributed by atoms with Gasteiger partial charge in [-0.05, 0) is 70.3 Å². The second-order valence-corrected chi connectivity index (χ2v) is 9.47. The average molecular weight is 385 g/mol. The molecule has 2 aliphatic heterocycles. The van der Waals surface area contributed by atoms with Crippen molar-refractivity contribution < 1.29 is 4.79 Å². The van der Waals surface area contributed by atoms with Gasteiger partial charge in [0.1, 0.15) is 5.78 Å². The highest BCUT2D eigenvalue weighted by Gasteiger charge is 2.41. The van der Waals surface area contributed by atoms with Gasteiger partial charge in [-0.15, -0.1) is 0 Å². The molecule has 1 aromatic rings. The van der Waals surface area contributed by atoms with Crippen LogP contribution >= 0.6 is 0 Å². The molecule has 2 bridgehead atoms. The SMILES string of the molecule is CCC(=O)C1CCC(Cc2cnc(N3C4CCC3CN(C(C)C)C4)nc2)CC1. The van der Waals surface area contributed by atoms with Crippen molar-refractivity contribution in [2.24, 2.45) is 11.8 Å². The first kappa shape index (κ1) is 19.8. The number of ketones is 1. The number of anilines is 1. The largest absolute Gasteiger partial charge is 0.332 e. The van der Waals surface area contributed by atoms with E-state index in [1.807, 2.05) is 6.92 Å². The van der Waals surface area contributed by atoms with E-state index >= 15 is 0 Å². The predicted molar refractivity (Wildman–Crippen MR) is 112 cm³/mol. The van der Waals surface area contributed by atoms with Crippen molar-refractivity contribution in [3.05, 3.63) is 18.0 Å². The quantitative estimate of drug-likeness (QED) is 0.745. The number of likely N-dealkylation sites (tertiary alicyclic amines) is 1. The molecule has 2 unspecified atom stereocenters. The zero-order valence-electron chi connectivity index (χ0n) is 17.8. The Morgan fingerprint density at radius 1 is 1.04 bits per heavy atom. The second kappa shape index (κ2) is 8.48. The Balaban J connectivity index is 1.33. The van der Waals surface area contributed by atoms with E-state index in [4.69, 9.17) is 9.97 Å². The summed E-state index contributed by atoms with van der Waals surface area (Å²) in [6.07, 6.45) is 12.9. The minimum Gasteiger partial charge on any atom is -0.332 e. The Labute approximate surface area is 169 Å². The van der Waals surface area contributed by atoms with E-state index in [1.54, 1.807) is 0 Å². The van der Waals surface area contributed by atoms with E-state index in [0.717, 1.165) is 38.3 Å². The van der Waals surface area contributed by atoms with Crippen molar-refractivity contribution in [2.45, 2.75) is 90.3 Å². The number of aromatic nitrogens is 2. The molecule has 0 amide bonds. The van der Waals surface area contributed by atoms with Gasteiger partial charge >= 0.3 is 0 Å². The molecule has 1 aliphatic carbocycles. The molecule has 5 nitrogen and oxygen atoms in total. The molecule has 0 aromatic carbocycles. The van der Waals surface area contributed by atoms with E-state index in [9.17, 15) is 4.79 Å². The van der Waals surface area contributed by atoms with E-state index in [0.29, 0.717) is 42.2 Å². The molecule has 5 heteroatoms. The van der Waals surface area contributed by atoms with E-state index in [1.165, 1.54) is 31.2 Å². The molecule has 2 saturated heterocycles. The van der Waals surface area contributed by atoms with Crippen molar-refractivity contribution >= 4 is 11.7 Å². The number of carbonyl (C=O) groups is 1. The number of hydrogen-bond acceptors (Lipinski definition) is 5. The Morgan fingerprint density at radius 2 is 1.64 bits per heavy atom. The summed E-state index contributed by atoms with van der Waals surface area (Å²) in [5.74, 6) is 2.39. The van der Waals surface area contributed by atoms with Crippen LogP contribution in [0.15, 0.2) is 12.4 Å². The molecule has 2 atom stereocenters. The Bertz CT molecular complexity index is 652. The van der Waals surface area contributed by atoms with E-state index in [2.05, 4.69) is 36.0 Å². The van der Waals surface area contributed by atoms with Crippen molar-refractivity contribution in [1.82, 2.24) is 14.9 Å². The molecule has 0 N–H and O–H groups in total. The Hall–Kier alpha value is -1.49. The van der Waals surface area contributed by atoms with E-state index < -0.39 is 0 Å². The first-order valence-corrected chi connectivity index (χ1v) is 11.4. The lowest BCUT2D eigenvalue weighted by molar-refractivity contribution is -0.123.